The smallest absolute Gasteiger partial charge is 0.313 e. The molecule has 1 aromatic rings. The lowest BCUT2D eigenvalue weighted by Crippen LogP contribution is -2.07. The number of rotatable bonds is 2. The van der Waals surface area contributed by atoms with Gasteiger partial charge in [0.05, 0.1) is 5.92 Å². The maximum absolute atomic E-state index is 11.6. The first kappa shape index (κ1) is 11.4. The molecule has 0 saturated carbocycles. The number of carbonyl (C=O) groups is 1. The van der Waals surface area contributed by atoms with E-state index in [1.165, 1.54) is 0 Å². The molecule has 80 valence electrons. The van der Waals surface area contributed by atoms with Crippen LogP contribution in [0.25, 0.3) is 0 Å². The van der Waals surface area contributed by atoms with Gasteiger partial charge >= 0.3 is 5.97 Å². The van der Waals surface area contributed by atoms with Gasteiger partial charge in [0.2, 0.25) is 0 Å². The zero-order chi connectivity index (χ0) is 10.8. The zero-order valence-corrected chi connectivity index (χ0v) is 11.7. The molecule has 1 aromatic carbocycles. The number of alkyl halides is 1. The molecule has 1 aliphatic heterocycles. The molecule has 2 atom stereocenters. The Bertz CT molecular complexity index is 363. The summed E-state index contributed by atoms with van der Waals surface area (Å²) >= 11 is 5.63. The first-order valence-corrected chi connectivity index (χ1v) is 7.04. The van der Waals surface area contributed by atoms with Crippen LogP contribution in [0.2, 0.25) is 0 Å². The Balaban J connectivity index is 2.18. The predicted octanol–water partition coefficient (Wildman–Crippen LogP) is 3.28. The summed E-state index contributed by atoms with van der Waals surface area (Å²) < 4.78 is 7.15. The van der Waals surface area contributed by atoms with Gasteiger partial charge in [-0.1, -0.05) is 50.7 Å². The van der Waals surface area contributed by atoms with E-state index >= 15 is 0 Å². The molecule has 1 aliphatic rings. The lowest BCUT2D eigenvalue weighted by atomic mass is 9.96. The van der Waals surface area contributed by atoms with E-state index in [0.29, 0.717) is 0 Å². The molecule has 4 heteroatoms. The summed E-state index contributed by atoms with van der Waals surface area (Å²) in [6, 6.07) is 7.87. The van der Waals surface area contributed by atoms with E-state index in [1.807, 2.05) is 24.3 Å². The van der Waals surface area contributed by atoms with Crippen molar-refractivity contribution in [2.75, 3.05) is 4.43 Å². The number of esters is 1. The van der Waals surface area contributed by atoms with Crippen LogP contribution in [0.4, 0.5) is 0 Å². The Kier molecular flexibility index (Phi) is 3.66. The van der Waals surface area contributed by atoms with E-state index in [2.05, 4.69) is 38.5 Å². The molecular weight excluding hydrogens is 371 g/mol. The summed E-state index contributed by atoms with van der Waals surface area (Å²) in [5.74, 6) is -0.156. The fourth-order valence-electron chi connectivity index (χ4n) is 1.72. The van der Waals surface area contributed by atoms with E-state index < -0.39 is 0 Å². The Morgan fingerprint density at radius 2 is 2.07 bits per heavy atom. The maximum Gasteiger partial charge on any atom is 0.313 e. The Hall–Kier alpha value is -0.100. The summed E-state index contributed by atoms with van der Waals surface area (Å²) in [5, 5.41) is 0. The number of halogens is 2. The number of carbonyl (C=O) groups excluding carboxylic acids is 1. The average Bonchev–Trinajstić information content (AvgIpc) is 2.61. The minimum absolute atomic E-state index is 0.0714. The maximum atomic E-state index is 11.6. The van der Waals surface area contributed by atoms with Crippen LogP contribution < -0.4 is 0 Å². The summed E-state index contributed by atoms with van der Waals surface area (Å²) in [7, 11) is 0. The van der Waals surface area contributed by atoms with E-state index in [9.17, 15) is 4.79 Å². The minimum atomic E-state index is -0.0843. The van der Waals surface area contributed by atoms with Gasteiger partial charge in [-0.3, -0.25) is 4.79 Å². The van der Waals surface area contributed by atoms with Gasteiger partial charge in [0.1, 0.15) is 6.10 Å². The molecule has 1 fully saturated rings. The predicted molar refractivity (Wildman–Crippen MR) is 70.3 cm³/mol. The minimum Gasteiger partial charge on any atom is -0.461 e. The van der Waals surface area contributed by atoms with Crippen LogP contribution >= 0.6 is 38.5 Å². The van der Waals surface area contributed by atoms with Gasteiger partial charge in [-0.15, -0.1) is 0 Å². The highest BCUT2D eigenvalue weighted by molar-refractivity contribution is 14.1. The zero-order valence-electron chi connectivity index (χ0n) is 7.95. The first-order valence-electron chi connectivity index (χ1n) is 4.72. The van der Waals surface area contributed by atoms with E-state index in [1.54, 1.807) is 0 Å². The molecule has 2 unspecified atom stereocenters. The highest BCUT2D eigenvalue weighted by atomic mass is 127. The molecule has 1 saturated heterocycles. The van der Waals surface area contributed by atoms with E-state index in [4.69, 9.17) is 4.74 Å². The van der Waals surface area contributed by atoms with Crippen LogP contribution in [-0.2, 0) is 9.53 Å². The molecule has 0 N–H and O–H groups in total. The topological polar surface area (TPSA) is 26.3 Å². The van der Waals surface area contributed by atoms with Crippen molar-refractivity contribution in [3.8, 4) is 0 Å². The number of ether oxygens (including phenoxy) is 1. The Morgan fingerprint density at radius 1 is 1.40 bits per heavy atom. The SMILES string of the molecule is O=C1OC(CI)CC1c1ccc(Br)cc1. The standard InChI is InChI=1S/C11H10BrIO2/c12-8-3-1-7(2-4-8)10-5-9(6-13)15-11(10)14/h1-4,9-10H,5-6H2. The lowest BCUT2D eigenvalue weighted by molar-refractivity contribution is -0.141. The number of hydrogen-bond acceptors (Lipinski definition) is 2. The lowest BCUT2D eigenvalue weighted by Gasteiger charge is -2.05. The number of hydrogen-bond donors (Lipinski definition) is 0. The molecule has 0 spiro atoms. The van der Waals surface area contributed by atoms with E-state index in [-0.39, 0.29) is 18.0 Å². The summed E-state index contributed by atoms with van der Waals surface area (Å²) in [5.41, 5.74) is 1.05. The highest BCUT2D eigenvalue weighted by Gasteiger charge is 2.34. The van der Waals surface area contributed by atoms with Crippen molar-refractivity contribution in [1.29, 1.82) is 0 Å². The van der Waals surface area contributed by atoms with Crippen LogP contribution in [0, 0.1) is 0 Å². The molecular formula is C11H10BrIO2. The van der Waals surface area contributed by atoms with Crippen LogP contribution in [0.5, 0.6) is 0 Å². The molecule has 0 bridgehead atoms. The van der Waals surface area contributed by atoms with E-state index in [0.717, 1.165) is 20.9 Å². The van der Waals surface area contributed by atoms with Gasteiger partial charge < -0.3 is 4.74 Å². The second-order valence-electron chi connectivity index (χ2n) is 3.55. The fraction of sp³-hybridized carbons (Fsp3) is 0.364. The van der Waals surface area contributed by atoms with Crippen LogP contribution in [-0.4, -0.2) is 16.5 Å². The second kappa shape index (κ2) is 4.82. The Labute approximate surface area is 111 Å². The molecule has 2 nitrogen and oxygen atoms in total. The van der Waals surface area contributed by atoms with Crippen molar-refractivity contribution in [1.82, 2.24) is 0 Å². The van der Waals surface area contributed by atoms with Crippen LogP contribution in [0.1, 0.15) is 17.9 Å². The summed E-state index contributed by atoms with van der Waals surface area (Å²) in [6.07, 6.45) is 0.899. The largest absolute Gasteiger partial charge is 0.461 e. The van der Waals surface area contributed by atoms with Gasteiger partial charge in [-0.2, -0.15) is 0 Å². The monoisotopic (exact) mass is 380 g/mol. The van der Waals surface area contributed by atoms with Crippen molar-refractivity contribution in [3.63, 3.8) is 0 Å². The quantitative estimate of drug-likeness (QED) is 0.447. The third-order valence-electron chi connectivity index (χ3n) is 2.51. The molecule has 0 aromatic heterocycles. The van der Waals surface area contributed by atoms with Crippen molar-refractivity contribution in [2.24, 2.45) is 0 Å². The van der Waals surface area contributed by atoms with Gasteiger partial charge in [0, 0.05) is 15.3 Å². The van der Waals surface area contributed by atoms with Gasteiger partial charge in [-0.05, 0) is 17.7 Å². The van der Waals surface area contributed by atoms with Gasteiger partial charge in [0.15, 0.2) is 0 Å². The average molecular weight is 381 g/mol. The normalized spacial score (nSPS) is 25.3. The summed E-state index contributed by atoms with van der Waals surface area (Å²) in [4.78, 5) is 11.6. The van der Waals surface area contributed by atoms with Crippen molar-refractivity contribution in [2.45, 2.75) is 18.4 Å². The third-order valence-corrected chi connectivity index (χ3v) is 4.02. The van der Waals surface area contributed by atoms with Crippen LogP contribution in [0.15, 0.2) is 28.7 Å². The van der Waals surface area contributed by atoms with Crippen molar-refractivity contribution < 1.29 is 9.53 Å². The first-order chi connectivity index (χ1) is 7.20. The van der Waals surface area contributed by atoms with Gasteiger partial charge in [-0.25, -0.2) is 0 Å². The molecule has 2 rings (SSSR count). The second-order valence-corrected chi connectivity index (χ2v) is 5.35. The third kappa shape index (κ3) is 2.53. The molecule has 0 aliphatic carbocycles. The Morgan fingerprint density at radius 3 is 2.60 bits per heavy atom. The molecule has 0 radical (unpaired) electrons. The van der Waals surface area contributed by atoms with Crippen molar-refractivity contribution in [3.05, 3.63) is 34.3 Å². The number of benzene rings is 1. The molecule has 15 heavy (non-hydrogen) atoms. The highest BCUT2D eigenvalue weighted by Crippen LogP contribution is 2.32. The van der Waals surface area contributed by atoms with Gasteiger partial charge in [0.25, 0.3) is 0 Å². The molecule has 0 amide bonds. The van der Waals surface area contributed by atoms with Crippen LogP contribution in [0.3, 0.4) is 0 Å². The fourth-order valence-corrected chi connectivity index (χ4v) is 2.52. The summed E-state index contributed by atoms with van der Waals surface area (Å²) in [6.45, 7) is 0. The molecule has 1 heterocycles. The van der Waals surface area contributed by atoms with Crippen molar-refractivity contribution >= 4 is 44.5 Å². The number of cyclic esters (lactones) is 1.